The SMILES string of the molecule is Cc1c(C)n(Sc2ccccc2)c2ccccc12. The Bertz CT molecular complexity index is 683. The zero-order chi connectivity index (χ0) is 12.5. The van der Waals surface area contributed by atoms with Crippen molar-refractivity contribution in [3.8, 4) is 0 Å². The number of aromatic nitrogens is 1. The summed E-state index contributed by atoms with van der Waals surface area (Å²) >= 11 is 1.78. The van der Waals surface area contributed by atoms with Crippen LogP contribution >= 0.6 is 11.9 Å². The maximum Gasteiger partial charge on any atom is 0.0600 e. The normalized spacial score (nSPS) is 11.0. The van der Waals surface area contributed by atoms with Crippen molar-refractivity contribution in [2.45, 2.75) is 18.7 Å². The standard InChI is InChI=1S/C16H15NS/c1-12-13(2)17(16-11-7-6-10-15(12)16)18-14-8-4-3-5-9-14/h3-11H,1-2H3. The van der Waals surface area contributed by atoms with Crippen LogP contribution in [-0.4, -0.2) is 3.97 Å². The summed E-state index contributed by atoms with van der Waals surface area (Å²) in [6.07, 6.45) is 0. The molecule has 2 heteroatoms. The molecule has 0 saturated carbocycles. The van der Waals surface area contributed by atoms with Crippen LogP contribution in [0, 0.1) is 13.8 Å². The van der Waals surface area contributed by atoms with Crippen LogP contribution in [0.4, 0.5) is 0 Å². The molecule has 0 radical (unpaired) electrons. The van der Waals surface area contributed by atoms with E-state index >= 15 is 0 Å². The van der Waals surface area contributed by atoms with Crippen molar-refractivity contribution in [1.29, 1.82) is 0 Å². The summed E-state index contributed by atoms with van der Waals surface area (Å²) < 4.78 is 2.32. The highest BCUT2D eigenvalue weighted by Gasteiger charge is 2.10. The third-order valence-corrected chi connectivity index (χ3v) is 4.45. The summed E-state index contributed by atoms with van der Waals surface area (Å²) in [4.78, 5) is 1.27. The van der Waals surface area contributed by atoms with Gasteiger partial charge in [0.15, 0.2) is 0 Å². The van der Waals surface area contributed by atoms with Crippen LogP contribution in [-0.2, 0) is 0 Å². The highest BCUT2D eigenvalue weighted by atomic mass is 32.2. The second-order valence-electron chi connectivity index (χ2n) is 4.43. The quantitative estimate of drug-likeness (QED) is 0.634. The van der Waals surface area contributed by atoms with E-state index in [0.717, 1.165) is 0 Å². The first kappa shape index (κ1) is 11.4. The Hall–Kier alpha value is -1.67. The Labute approximate surface area is 112 Å². The van der Waals surface area contributed by atoms with Gasteiger partial charge in [0.25, 0.3) is 0 Å². The molecule has 0 atom stereocenters. The number of para-hydroxylation sites is 1. The van der Waals surface area contributed by atoms with Gasteiger partial charge >= 0.3 is 0 Å². The molecule has 0 spiro atoms. The first-order valence-electron chi connectivity index (χ1n) is 6.07. The Balaban J connectivity index is 2.15. The Kier molecular flexibility index (Phi) is 2.88. The summed E-state index contributed by atoms with van der Waals surface area (Å²) in [6.45, 7) is 4.38. The molecular formula is C16H15NS. The Morgan fingerprint density at radius 2 is 1.50 bits per heavy atom. The van der Waals surface area contributed by atoms with E-state index in [1.807, 2.05) is 0 Å². The second-order valence-corrected chi connectivity index (χ2v) is 5.45. The van der Waals surface area contributed by atoms with Crippen molar-refractivity contribution in [3.05, 3.63) is 65.9 Å². The van der Waals surface area contributed by atoms with Gasteiger partial charge in [-0.25, -0.2) is 0 Å². The maximum atomic E-state index is 2.32. The van der Waals surface area contributed by atoms with Gasteiger partial charge in [0.2, 0.25) is 0 Å². The second kappa shape index (κ2) is 4.54. The zero-order valence-corrected chi connectivity index (χ0v) is 11.4. The van der Waals surface area contributed by atoms with E-state index in [0.29, 0.717) is 0 Å². The van der Waals surface area contributed by atoms with Gasteiger partial charge < -0.3 is 0 Å². The van der Waals surface area contributed by atoms with Gasteiger partial charge in [0.05, 0.1) is 5.52 Å². The molecule has 0 fully saturated rings. The van der Waals surface area contributed by atoms with E-state index in [4.69, 9.17) is 0 Å². The Morgan fingerprint density at radius 3 is 2.28 bits per heavy atom. The van der Waals surface area contributed by atoms with Crippen LogP contribution in [0.1, 0.15) is 11.3 Å². The molecule has 1 nitrogen and oxygen atoms in total. The fraction of sp³-hybridized carbons (Fsp3) is 0.125. The molecule has 0 N–H and O–H groups in total. The van der Waals surface area contributed by atoms with Gasteiger partial charge in [-0.3, -0.25) is 3.97 Å². The Morgan fingerprint density at radius 1 is 0.833 bits per heavy atom. The van der Waals surface area contributed by atoms with Gasteiger partial charge in [0, 0.05) is 16.0 Å². The number of nitrogens with zero attached hydrogens (tertiary/aromatic N) is 1. The highest BCUT2D eigenvalue weighted by Crippen LogP contribution is 2.32. The van der Waals surface area contributed by atoms with Gasteiger partial charge in [-0.2, -0.15) is 0 Å². The summed E-state index contributed by atoms with van der Waals surface area (Å²) in [6, 6.07) is 19.1. The monoisotopic (exact) mass is 253 g/mol. The van der Waals surface area contributed by atoms with E-state index < -0.39 is 0 Å². The first-order valence-corrected chi connectivity index (χ1v) is 6.85. The molecule has 1 aromatic heterocycles. The molecule has 3 rings (SSSR count). The predicted octanol–water partition coefficient (Wildman–Crippen LogP) is 4.81. The maximum absolute atomic E-state index is 2.32. The van der Waals surface area contributed by atoms with Gasteiger partial charge in [-0.05, 0) is 49.6 Å². The summed E-state index contributed by atoms with van der Waals surface area (Å²) in [7, 11) is 0. The van der Waals surface area contributed by atoms with Crippen LogP contribution in [0.25, 0.3) is 10.9 Å². The van der Waals surface area contributed by atoms with Crippen molar-refractivity contribution < 1.29 is 0 Å². The fourth-order valence-corrected chi connectivity index (χ4v) is 3.22. The van der Waals surface area contributed by atoms with E-state index in [1.54, 1.807) is 11.9 Å². The third kappa shape index (κ3) is 1.83. The molecule has 2 aromatic carbocycles. The topological polar surface area (TPSA) is 4.93 Å². The lowest BCUT2D eigenvalue weighted by molar-refractivity contribution is 1.18. The molecular weight excluding hydrogens is 238 g/mol. The van der Waals surface area contributed by atoms with E-state index in [2.05, 4.69) is 72.4 Å². The summed E-state index contributed by atoms with van der Waals surface area (Å²) in [5, 5.41) is 1.35. The van der Waals surface area contributed by atoms with E-state index in [1.165, 1.54) is 27.1 Å². The molecule has 0 aliphatic rings. The van der Waals surface area contributed by atoms with Crippen LogP contribution in [0.5, 0.6) is 0 Å². The third-order valence-electron chi connectivity index (χ3n) is 3.31. The summed E-state index contributed by atoms with van der Waals surface area (Å²) in [5.41, 5.74) is 3.99. The van der Waals surface area contributed by atoms with Crippen LogP contribution in [0.3, 0.4) is 0 Å². The molecule has 18 heavy (non-hydrogen) atoms. The lowest BCUT2D eigenvalue weighted by Crippen LogP contribution is -1.89. The van der Waals surface area contributed by atoms with E-state index in [9.17, 15) is 0 Å². The first-order chi connectivity index (χ1) is 8.77. The van der Waals surface area contributed by atoms with Crippen LogP contribution in [0.2, 0.25) is 0 Å². The number of benzene rings is 2. The number of aryl methyl sites for hydroxylation is 1. The molecule has 0 aliphatic carbocycles. The van der Waals surface area contributed by atoms with Gasteiger partial charge in [-0.1, -0.05) is 36.4 Å². The molecule has 0 aliphatic heterocycles. The average Bonchev–Trinajstić information content (AvgIpc) is 2.66. The minimum atomic E-state index is 1.27. The number of rotatable bonds is 2. The van der Waals surface area contributed by atoms with Crippen molar-refractivity contribution in [3.63, 3.8) is 0 Å². The number of fused-ring (bicyclic) bond motifs is 1. The fourth-order valence-electron chi connectivity index (χ4n) is 2.20. The molecule has 1 heterocycles. The predicted molar refractivity (Wildman–Crippen MR) is 79.1 cm³/mol. The molecule has 0 unspecified atom stereocenters. The van der Waals surface area contributed by atoms with Gasteiger partial charge in [0.1, 0.15) is 0 Å². The zero-order valence-electron chi connectivity index (χ0n) is 10.6. The minimum Gasteiger partial charge on any atom is -0.284 e. The number of hydrogen-bond acceptors (Lipinski definition) is 1. The van der Waals surface area contributed by atoms with Crippen molar-refractivity contribution in [2.24, 2.45) is 0 Å². The lowest BCUT2D eigenvalue weighted by atomic mass is 10.2. The largest absolute Gasteiger partial charge is 0.284 e. The summed E-state index contributed by atoms with van der Waals surface area (Å²) in [5.74, 6) is 0. The molecule has 0 saturated heterocycles. The van der Waals surface area contributed by atoms with Crippen LogP contribution < -0.4 is 0 Å². The smallest absolute Gasteiger partial charge is 0.0600 e. The van der Waals surface area contributed by atoms with Gasteiger partial charge in [-0.15, -0.1) is 0 Å². The van der Waals surface area contributed by atoms with Crippen LogP contribution in [0.15, 0.2) is 59.5 Å². The molecule has 0 bridgehead atoms. The highest BCUT2D eigenvalue weighted by molar-refractivity contribution is 7.98. The minimum absolute atomic E-state index is 1.27. The average molecular weight is 253 g/mol. The molecule has 90 valence electrons. The van der Waals surface area contributed by atoms with E-state index in [-0.39, 0.29) is 0 Å². The van der Waals surface area contributed by atoms with Crippen molar-refractivity contribution >= 4 is 22.9 Å². The molecule has 3 aromatic rings. The molecule has 0 amide bonds. The number of hydrogen-bond donors (Lipinski definition) is 0. The van der Waals surface area contributed by atoms with Crippen molar-refractivity contribution in [2.75, 3.05) is 0 Å². The lowest BCUT2D eigenvalue weighted by Gasteiger charge is -2.06. The van der Waals surface area contributed by atoms with Crippen molar-refractivity contribution in [1.82, 2.24) is 3.97 Å².